The Labute approximate surface area is 140 Å². The molecule has 0 aromatic heterocycles. The van der Waals surface area contributed by atoms with Crippen molar-refractivity contribution in [2.75, 3.05) is 14.1 Å². The van der Waals surface area contributed by atoms with Gasteiger partial charge in [-0.2, -0.15) is 0 Å². The highest BCUT2D eigenvalue weighted by Gasteiger charge is 2.29. The van der Waals surface area contributed by atoms with Crippen molar-refractivity contribution in [3.8, 4) is 0 Å². The smallest absolute Gasteiger partial charge is 0.303 e. The molecule has 0 heterocycles. The van der Waals surface area contributed by atoms with E-state index in [4.69, 9.17) is 5.11 Å². The molecule has 1 N–H and O–H groups in total. The van der Waals surface area contributed by atoms with Gasteiger partial charge in [-0.1, -0.05) is 56.0 Å². The van der Waals surface area contributed by atoms with E-state index >= 15 is 0 Å². The van der Waals surface area contributed by atoms with E-state index in [-0.39, 0.29) is 0 Å². The van der Waals surface area contributed by atoms with E-state index in [1.165, 1.54) is 37.7 Å². The van der Waals surface area contributed by atoms with Crippen LogP contribution >= 0.6 is 0 Å². The van der Waals surface area contributed by atoms with E-state index in [9.17, 15) is 4.79 Å². The zero-order valence-electron chi connectivity index (χ0n) is 14.6. The third-order valence-electron chi connectivity index (χ3n) is 5.29. The molecule has 1 saturated carbocycles. The van der Waals surface area contributed by atoms with Crippen molar-refractivity contribution in [1.29, 1.82) is 0 Å². The Bertz CT molecular complexity index is 464. The number of carbonyl (C=O) groups is 1. The highest BCUT2D eigenvalue weighted by Crippen LogP contribution is 2.40. The van der Waals surface area contributed by atoms with Gasteiger partial charge < -0.3 is 10.0 Å². The molecule has 0 aliphatic heterocycles. The van der Waals surface area contributed by atoms with Gasteiger partial charge in [0, 0.05) is 12.5 Å². The lowest BCUT2D eigenvalue weighted by Gasteiger charge is -2.37. The second-order valence-electron chi connectivity index (χ2n) is 7.24. The molecule has 1 aromatic carbocycles. The number of nitrogens with zero attached hydrogens (tertiary/aromatic N) is 1. The highest BCUT2D eigenvalue weighted by molar-refractivity contribution is 5.66. The van der Waals surface area contributed by atoms with Crippen molar-refractivity contribution in [3.63, 3.8) is 0 Å². The summed E-state index contributed by atoms with van der Waals surface area (Å²) in [5, 5.41) is 8.70. The predicted octanol–water partition coefficient (Wildman–Crippen LogP) is 4.74. The van der Waals surface area contributed by atoms with Crippen LogP contribution in [-0.4, -0.2) is 30.1 Å². The molecule has 0 bridgehead atoms. The van der Waals surface area contributed by atoms with Crippen molar-refractivity contribution in [1.82, 2.24) is 4.90 Å². The summed E-state index contributed by atoms with van der Waals surface area (Å²) in [6.07, 6.45) is 8.62. The zero-order chi connectivity index (χ0) is 16.7. The van der Waals surface area contributed by atoms with Gasteiger partial charge in [0.25, 0.3) is 0 Å². The van der Waals surface area contributed by atoms with Crippen molar-refractivity contribution in [2.45, 2.75) is 57.4 Å². The quantitative estimate of drug-likeness (QED) is 0.704. The lowest BCUT2D eigenvalue weighted by atomic mass is 9.75. The summed E-state index contributed by atoms with van der Waals surface area (Å²) >= 11 is 0. The topological polar surface area (TPSA) is 40.5 Å². The SMILES string of the molecule is CN(C)C(c1ccccc1)C1CCC(CCCCC(=O)O)CC1. The minimum Gasteiger partial charge on any atom is -0.481 e. The molecular formula is C20H31NO2. The molecule has 0 amide bonds. The van der Waals surface area contributed by atoms with Crippen molar-refractivity contribution in [3.05, 3.63) is 35.9 Å². The molecule has 1 fully saturated rings. The predicted molar refractivity (Wildman–Crippen MR) is 94.4 cm³/mol. The summed E-state index contributed by atoms with van der Waals surface area (Å²) < 4.78 is 0. The number of hydrogen-bond donors (Lipinski definition) is 1. The van der Waals surface area contributed by atoms with Gasteiger partial charge in [-0.3, -0.25) is 4.79 Å². The largest absolute Gasteiger partial charge is 0.481 e. The fraction of sp³-hybridized carbons (Fsp3) is 0.650. The second-order valence-corrected chi connectivity index (χ2v) is 7.24. The van der Waals surface area contributed by atoms with Gasteiger partial charge in [-0.15, -0.1) is 0 Å². The Morgan fingerprint density at radius 2 is 1.78 bits per heavy atom. The van der Waals surface area contributed by atoms with Crippen molar-refractivity contribution < 1.29 is 9.90 Å². The number of hydrogen-bond acceptors (Lipinski definition) is 2. The van der Waals surface area contributed by atoms with Crippen LogP contribution in [0.4, 0.5) is 0 Å². The Morgan fingerprint density at radius 3 is 2.35 bits per heavy atom. The molecule has 3 heteroatoms. The maximum atomic E-state index is 10.6. The van der Waals surface area contributed by atoms with Gasteiger partial charge in [-0.25, -0.2) is 0 Å². The molecule has 0 spiro atoms. The molecule has 0 radical (unpaired) electrons. The number of carboxylic acid groups (broad SMARTS) is 1. The molecule has 1 aliphatic carbocycles. The van der Waals surface area contributed by atoms with Crippen LogP contribution in [0.1, 0.15) is 63.0 Å². The minimum atomic E-state index is -0.662. The number of benzene rings is 1. The van der Waals surface area contributed by atoms with Crippen molar-refractivity contribution in [2.24, 2.45) is 11.8 Å². The molecule has 1 unspecified atom stereocenters. The third-order valence-corrected chi connectivity index (χ3v) is 5.29. The van der Waals surface area contributed by atoms with E-state index < -0.39 is 5.97 Å². The highest BCUT2D eigenvalue weighted by atomic mass is 16.4. The first-order valence-electron chi connectivity index (χ1n) is 9.01. The van der Waals surface area contributed by atoms with E-state index in [0.29, 0.717) is 12.5 Å². The zero-order valence-corrected chi connectivity index (χ0v) is 14.6. The lowest BCUT2D eigenvalue weighted by Crippen LogP contribution is -2.30. The van der Waals surface area contributed by atoms with Crippen LogP contribution < -0.4 is 0 Å². The number of rotatable bonds is 8. The first kappa shape index (κ1) is 18.0. The average molecular weight is 317 g/mol. The number of aliphatic carboxylic acids is 1. The maximum absolute atomic E-state index is 10.6. The summed E-state index contributed by atoms with van der Waals surface area (Å²) in [5.74, 6) is 0.881. The van der Waals surface area contributed by atoms with Crippen LogP contribution in [-0.2, 0) is 4.79 Å². The summed E-state index contributed by atoms with van der Waals surface area (Å²) in [6.45, 7) is 0. The molecular weight excluding hydrogens is 286 g/mol. The fourth-order valence-electron chi connectivity index (χ4n) is 4.14. The van der Waals surface area contributed by atoms with E-state index in [1.807, 2.05) is 0 Å². The first-order chi connectivity index (χ1) is 11.1. The van der Waals surface area contributed by atoms with Crippen LogP contribution in [0, 0.1) is 11.8 Å². The van der Waals surface area contributed by atoms with Crippen LogP contribution in [0.15, 0.2) is 30.3 Å². The van der Waals surface area contributed by atoms with Crippen LogP contribution in [0.2, 0.25) is 0 Å². The molecule has 2 rings (SSSR count). The Kier molecular flexibility index (Phi) is 7.10. The summed E-state index contributed by atoms with van der Waals surface area (Å²) in [5.41, 5.74) is 1.43. The van der Waals surface area contributed by atoms with Gasteiger partial charge in [0.1, 0.15) is 0 Å². The third kappa shape index (κ3) is 5.65. The molecule has 128 valence electrons. The molecule has 23 heavy (non-hydrogen) atoms. The Morgan fingerprint density at radius 1 is 1.13 bits per heavy atom. The molecule has 1 aliphatic rings. The normalized spacial score (nSPS) is 22.9. The van der Waals surface area contributed by atoms with Gasteiger partial charge in [0.15, 0.2) is 0 Å². The van der Waals surface area contributed by atoms with E-state index in [0.717, 1.165) is 24.7 Å². The molecule has 1 atom stereocenters. The fourth-order valence-corrected chi connectivity index (χ4v) is 4.14. The van der Waals surface area contributed by atoms with Gasteiger partial charge in [0.05, 0.1) is 0 Å². The van der Waals surface area contributed by atoms with Crippen LogP contribution in [0.25, 0.3) is 0 Å². The Balaban J connectivity index is 1.81. The number of carboxylic acids is 1. The summed E-state index contributed by atoms with van der Waals surface area (Å²) in [7, 11) is 4.38. The maximum Gasteiger partial charge on any atom is 0.303 e. The van der Waals surface area contributed by atoms with Crippen molar-refractivity contribution >= 4 is 5.97 Å². The van der Waals surface area contributed by atoms with Gasteiger partial charge in [-0.05, 0) is 50.8 Å². The van der Waals surface area contributed by atoms with Gasteiger partial charge >= 0.3 is 5.97 Å². The Hall–Kier alpha value is -1.35. The minimum absolute atomic E-state index is 0.325. The van der Waals surface area contributed by atoms with E-state index in [1.54, 1.807) is 0 Å². The average Bonchev–Trinajstić information content (AvgIpc) is 2.54. The first-order valence-corrected chi connectivity index (χ1v) is 9.01. The summed E-state index contributed by atoms with van der Waals surface area (Å²) in [6, 6.07) is 11.4. The molecule has 3 nitrogen and oxygen atoms in total. The second kappa shape index (κ2) is 9.07. The van der Waals surface area contributed by atoms with Crippen LogP contribution in [0.3, 0.4) is 0 Å². The number of unbranched alkanes of at least 4 members (excludes halogenated alkanes) is 1. The standard InChI is InChI=1S/C20H31NO2/c1-21(2)20(17-9-4-3-5-10-17)18-14-12-16(13-15-18)8-6-7-11-19(22)23/h3-5,9-10,16,18,20H,6-8,11-15H2,1-2H3,(H,22,23). The molecule has 0 saturated heterocycles. The molecule has 1 aromatic rings. The monoisotopic (exact) mass is 317 g/mol. The lowest BCUT2D eigenvalue weighted by molar-refractivity contribution is -0.137. The summed E-state index contributed by atoms with van der Waals surface area (Å²) in [4.78, 5) is 12.9. The van der Waals surface area contributed by atoms with E-state index in [2.05, 4.69) is 49.3 Å². The van der Waals surface area contributed by atoms with Crippen LogP contribution in [0.5, 0.6) is 0 Å². The van der Waals surface area contributed by atoms with Gasteiger partial charge in [0.2, 0.25) is 0 Å².